The van der Waals surface area contributed by atoms with Gasteiger partial charge in [0.05, 0.1) is 12.3 Å². The summed E-state index contributed by atoms with van der Waals surface area (Å²) in [5.41, 5.74) is 8.37. The van der Waals surface area contributed by atoms with E-state index >= 15 is 0 Å². The molecule has 2 heterocycles. The van der Waals surface area contributed by atoms with E-state index in [4.69, 9.17) is 22.1 Å². The van der Waals surface area contributed by atoms with Crippen LogP contribution in [-0.4, -0.2) is 22.5 Å². The van der Waals surface area contributed by atoms with Gasteiger partial charge in [0.1, 0.15) is 9.71 Å². The smallest absolute Gasteiger partial charge is 0.348 e. The summed E-state index contributed by atoms with van der Waals surface area (Å²) in [4.78, 5) is 21.7. The number of aromatic nitrogens is 2. The number of thiophene rings is 1. The number of nitrogens with zero attached hydrogens (tertiary/aromatic N) is 2. The minimum Gasteiger partial charge on any atom is -0.462 e. The zero-order chi connectivity index (χ0) is 16.6. The Morgan fingerprint density at radius 3 is 2.87 bits per heavy atom. The van der Waals surface area contributed by atoms with Crippen molar-refractivity contribution >= 4 is 45.1 Å². The van der Waals surface area contributed by atoms with Gasteiger partial charge in [0.15, 0.2) is 0 Å². The molecule has 0 amide bonds. The number of rotatable bonds is 3. The zero-order valence-electron chi connectivity index (χ0n) is 12.6. The van der Waals surface area contributed by atoms with E-state index in [1.165, 1.54) is 11.3 Å². The van der Waals surface area contributed by atoms with Crippen molar-refractivity contribution in [1.29, 1.82) is 0 Å². The van der Waals surface area contributed by atoms with Crippen LogP contribution in [0.4, 0.5) is 5.95 Å². The second-order valence-corrected chi connectivity index (χ2v) is 6.41. The van der Waals surface area contributed by atoms with Crippen molar-refractivity contribution < 1.29 is 9.53 Å². The third-order valence-corrected chi connectivity index (χ3v) is 4.59. The number of esters is 1. The molecule has 0 fully saturated rings. The molecule has 7 heteroatoms. The van der Waals surface area contributed by atoms with Gasteiger partial charge in [0, 0.05) is 16.0 Å². The van der Waals surface area contributed by atoms with Crippen LogP contribution in [0.1, 0.15) is 22.2 Å². The number of nitrogen functional groups attached to an aromatic ring is 1. The molecule has 0 aliphatic heterocycles. The lowest BCUT2D eigenvalue weighted by atomic mass is 10.0. The number of nitrogens with two attached hydrogens (primary N) is 1. The lowest BCUT2D eigenvalue weighted by molar-refractivity contribution is 0.0532. The third-order valence-electron chi connectivity index (χ3n) is 3.34. The largest absolute Gasteiger partial charge is 0.462 e. The van der Waals surface area contributed by atoms with Crippen LogP contribution >= 0.6 is 22.9 Å². The van der Waals surface area contributed by atoms with Crippen molar-refractivity contribution in [3.63, 3.8) is 0 Å². The van der Waals surface area contributed by atoms with E-state index in [0.29, 0.717) is 27.0 Å². The first kappa shape index (κ1) is 15.7. The second kappa shape index (κ2) is 6.14. The molecular weight excluding hydrogens is 334 g/mol. The van der Waals surface area contributed by atoms with Crippen molar-refractivity contribution in [2.45, 2.75) is 13.8 Å². The number of halogens is 1. The fraction of sp³-hybridized carbons (Fsp3) is 0.188. The highest BCUT2D eigenvalue weighted by molar-refractivity contribution is 7.20. The van der Waals surface area contributed by atoms with Gasteiger partial charge in [0.25, 0.3) is 0 Å². The minimum absolute atomic E-state index is 0.157. The monoisotopic (exact) mass is 347 g/mol. The van der Waals surface area contributed by atoms with Crippen molar-refractivity contribution in [1.82, 2.24) is 9.97 Å². The summed E-state index contributed by atoms with van der Waals surface area (Å²) in [7, 11) is 0. The van der Waals surface area contributed by atoms with Crippen LogP contribution in [-0.2, 0) is 4.74 Å². The predicted molar refractivity (Wildman–Crippen MR) is 93.0 cm³/mol. The van der Waals surface area contributed by atoms with Gasteiger partial charge < -0.3 is 10.5 Å². The average Bonchev–Trinajstić information content (AvgIpc) is 2.93. The summed E-state index contributed by atoms with van der Waals surface area (Å²) in [5.74, 6) is -0.216. The Hall–Kier alpha value is -2.18. The number of aryl methyl sites for hydroxylation is 1. The van der Waals surface area contributed by atoms with Gasteiger partial charge in [-0.15, -0.1) is 11.3 Å². The van der Waals surface area contributed by atoms with E-state index in [1.54, 1.807) is 13.0 Å². The maximum Gasteiger partial charge on any atom is 0.348 e. The average molecular weight is 348 g/mol. The van der Waals surface area contributed by atoms with Crippen LogP contribution in [0.5, 0.6) is 0 Å². The summed E-state index contributed by atoms with van der Waals surface area (Å²) in [5, 5.41) is 1.37. The van der Waals surface area contributed by atoms with E-state index < -0.39 is 0 Å². The van der Waals surface area contributed by atoms with E-state index in [-0.39, 0.29) is 11.9 Å². The molecule has 118 valence electrons. The topological polar surface area (TPSA) is 78.1 Å². The van der Waals surface area contributed by atoms with Gasteiger partial charge in [0.2, 0.25) is 5.95 Å². The van der Waals surface area contributed by atoms with Crippen LogP contribution in [0.15, 0.2) is 24.3 Å². The van der Waals surface area contributed by atoms with Crippen LogP contribution < -0.4 is 5.73 Å². The Kier molecular flexibility index (Phi) is 4.19. The fourth-order valence-electron chi connectivity index (χ4n) is 2.30. The predicted octanol–water partition coefficient (Wildman–Crippen LogP) is 4.08. The Balaban J connectivity index is 2.24. The maximum atomic E-state index is 12.0. The standard InChI is InChI=1S/C16H14ClN3O2S/c1-3-22-15(21)12-7-11-13(19-16(18)20-14(11)23-12)10-6-9(17)5-4-8(10)2/h4-7H,3H2,1-2H3,(H2,18,19,20). The van der Waals surface area contributed by atoms with Crippen LogP contribution in [0.25, 0.3) is 21.5 Å². The highest BCUT2D eigenvalue weighted by Crippen LogP contribution is 2.35. The first-order valence-electron chi connectivity index (χ1n) is 7.00. The van der Waals surface area contributed by atoms with Gasteiger partial charge in [-0.2, -0.15) is 0 Å². The van der Waals surface area contributed by atoms with Gasteiger partial charge >= 0.3 is 5.97 Å². The number of ether oxygens (including phenoxy) is 1. The molecular formula is C16H14ClN3O2S. The van der Waals surface area contributed by atoms with E-state index in [0.717, 1.165) is 16.5 Å². The summed E-state index contributed by atoms with van der Waals surface area (Å²) in [6, 6.07) is 7.31. The van der Waals surface area contributed by atoms with Gasteiger partial charge in [-0.3, -0.25) is 0 Å². The normalized spacial score (nSPS) is 10.9. The van der Waals surface area contributed by atoms with Gasteiger partial charge in [-0.25, -0.2) is 14.8 Å². The lowest BCUT2D eigenvalue weighted by Crippen LogP contribution is -2.01. The molecule has 0 aliphatic carbocycles. The van der Waals surface area contributed by atoms with Gasteiger partial charge in [-0.05, 0) is 37.6 Å². The molecule has 1 aromatic carbocycles. The molecule has 23 heavy (non-hydrogen) atoms. The molecule has 0 saturated heterocycles. The molecule has 0 bridgehead atoms. The van der Waals surface area contributed by atoms with Gasteiger partial charge in [-0.1, -0.05) is 17.7 Å². The number of benzene rings is 1. The summed E-state index contributed by atoms with van der Waals surface area (Å²) >= 11 is 7.35. The molecule has 2 N–H and O–H groups in total. The number of hydrogen-bond donors (Lipinski definition) is 1. The maximum absolute atomic E-state index is 12.0. The summed E-state index contributed by atoms with van der Waals surface area (Å²) in [6.45, 7) is 4.05. The molecule has 2 aromatic heterocycles. The molecule has 3 aromatic rings. The molecule has 0 aliphatic rings. The van der Waals surface area contributed by atoms with E-state index in [9.17, 15) is 4.79 Å². The molecule has 0 saturated carbocycles. The van der Waals surface area contributed by atoms with Crippen molar-refractivity contribution in [2.24, 2.45) is 0 Å². The van der Waals surface area contributed by atoms with Crippen molar-refractivity contribution in [3.05, 3.63) is 39.7 Å². The number of hydrogen-bond acceptors (Lipinski definition) is 6. The van der Waals surface area contributed by atoms with Crippen molar-refractivity contribution in [3.8, 4) is 11.3 Å². The summed E-state index contributed by atoms with van der Waals surface area (Å²) in [6.07, 6.45) is 0. The molecule has 5 nitrogen and oxygen atoms in total. The highest BCUT2D eigenvalue weighted by atomic mass is 35.5. The molecule has 0 spiro atoms. The Labute approximate surface area is 142 Å². The van der Waals surface area contributed by atoms with Crippen molar-refractivity contribution in [2.75, 3.05) is 12.3 Å². The minimum atomic E-state index is -0.372. The third kappa shape index (κ3) is 3.00. The quantitative estimate of drug-likeness (QED) is 0.722. The second-order valence-electron chi connectivity index (χ2n) is 4.94. The highest BCUT2D eigenvalue weighted by Gasteiger charge is 2.18. The first-order chi connectivity index (χ1) is 11.0. The molecule has 0 unspecified atom stereocenters. The van der Waals surface area contributed by atoms with E-state index in [2.05, 4.69) is 9.97 Å². The molecule has 0 atom stereocenters. The fourth-order valence-corrected chi connectivity index (χ4v) is 3.40. The van der Waals surface area contributed by atoms with Crippen LogP contribution in [0.3, 0.4) is 0 Å². The van der Waals surface area contributed by atoms with Crippen LogP contribution in [0, 0.1) is 6.92 Å². The Morgan fingerprint density at radius 2 is 2.13 bits per heavy atom. The number of anilines is 1. The zero-order valence-corrected chi connectivity index (χ0v) is 14.2. The van der Waals surface area contributed by atoms with E-state index in [1.807, 2.05) is 25.1 Å². The number of fused-ring (bicyclic) bond motifs is 1. The molecule has 3 rings (SSSR count). The Morgan fingerprint density at radius 1 is 1.35 bits per heavy atom. The summed E-state index contributed by atoms with van der Waals surface area (Å²) < 4.78 is 5.05. The first-order valence-corrected chi connectivity index (χ1v) is 8.19. The molecule has 0 radical (unpaired) electrons. The Bertz CT molecular complexity index is 908. The van der Waals surface area contributed by atoms with Crippen LogP contribution in [0.2, 0.25) is 5.02 Å². The SMILES string of the molecule is CCOC(=O)c1cc2c(-c3cc(Cl)ccc3C)nc(N)nc2s1. The number of carbonyl (C=O) groups excluding carboxylic acids is 1. The lowest BCUT2D eigenvalue weighted by Gasteiger charge is -2.07. The number of carbonyl (C=O) groups is 1.